The maximum absolute atomic E-state index is 12.3. The van der Waals surface area contributed by atoms with Crippen LogP contribution in [0.4, 0.5) is 13.2 Å². The summed E-state index contributed by atoms with van der Waals surface area (Å²) in [5, 5.41) is -0.143. The molecule has 0 aliphatic carbocycles. The van der Waals surface area contributed by atoms with Gasteiger partial charge in [-0.2, -0.15) is 13.2 Å². The SMILES string of the molecule is CC1COCCN1C(=O)c1cnc(OCC(F)(F)F)c(Cl)c1. The highest BCUT2D eigenvalue weighted by Gasteiger charge is 2.30. The highest BCUT2D eigenvalue weighted by Crippen LogP contribution is 2.25. The molecule has 1 atom stereocenters. The predicted octanol–water partition coefficient (Wildman–Crippen LogP) is 2.54. The van der Waals surface area contributed by atoms with E-state index < -0.39 is 12.8 Å². The lowest BCUT2D eigenvalue weighted by Crippen LogP contribution is -2.47. The maximum Gasteiger partial charge on any atom is 0.422 e. The number of hydrogen-bond donors (Lipinski definition) is 0. The van der Waals surface area contributed by atoms with Crippen molar-refractivity contribution in [2.75, 3.05) is 26.4 Å². The molecule has 22 heavy (non-hydrogen) atoms. The number of carbonyl (C=O) groups is 1. The number of alkyl halides is 3. The van der Waals surface area contributed by atoms with Crippen LogP contribution < -0.4 is 4.74 Å². The van der Waals surface area contributed by atoms with Gasteiger partial charge in [-0.25, -0.2) is 4.98 Å². The van der Waals surface area contributed by atoms with Crippen molar-refractivity contribution < 1.29 is 27.4 Å². The number of nitrogens with zero attached hydrogens (tertiary/aromatic N) is 2. The number of carbonyl (C=O) groups excluding carboxylic acids is 1. The minimum Gasteiger partial charge on any atom is -0.467 e. The van der Waals surface area contributed by atoms with Gasteiger partial charge in [0.15, 0.2) is 6.61 Å². The molecule has 1 amide bonds. The molecule has 0 saturated carbocycles. The first-order valence-electron chi connectivity index (χ1n) is 6.52. The van der Waals surface area contributed by atoms with E-state index in [1.807, 2.05) is 6.92 Å². The van der Waals surface area contributed by atoms with Crippen molar-refractivity contribution in [3.8, 4) is 5.88 Å². The summed E-state index contributed by atoms with van der Waals surface area (Å²) in [7, 11) is 0. The molecule has 1 saturated heterocycles. The third-order valence-electron chi connectivity index (χ3n) is 3.06. The standard InChI is InChI=1S/C13H14ClF3N2O3/c1-8-6-21-3-2-19(8)12(20)9-4-10(14)11(18-5-9)22-7-13(15,16)17/h4-5,8H,2-3,6-7H2,1H3. The molecule has 1 unspecified atom stereocenters. The third-order valence-corrected chi connectivity index (χ3v) is 3.33. The van der Waals surface area contributed by atoms with Gasteiger partial charge in [0, 0.05) is 12.7 Å². The average molecular weight is 339 g/mol. The minimum absolute atomic E-state index is 0.0961. The van der Waals surface area contributed by atoms with Crippen LogP contribution in [0.5, 0.6) is 5.88 Å². The summed E-state index contributed by atoms with van der Waals surface area (Å²) in [6.07, 6.45) is -3.33. The number of halogens is 4. The summed E-state index contributed by atoms with van der Waals surface area (Å²) < 4.78 is 46.0. The largest absolute Gasteiger partial charge is 0.467 e. The van der Waals surface area contributed by atoms with Crippen molar-refractivity contribution in [2.24, 2.45) is 0 Å². The molecule has 122 valence electrons. The minimum atomic E-state index is -4.48. The number of ether oxygens (including phenoxy) is 2. The zero-order valence-electron chi connectivity index (χ0n) is 11.7. The summed E-state index contributed by atoms with van der Waals surface area (Å²) in [6.45, 7) is 1.65. The van der Waals surface area contributed by atoms with E-state index >= 15 is 0 Å². The fraction of sp³-hybridized carbons (Fsp3) is 0.538. The van der Waals surface area contributed by atoms with E-state index in [1.165, 1.54) is 6.07 Å². The van der Waals surface area contributed by atoms with Crippen LogP contribution in [0.2, 0.25) is 5.02 Å². The van der Waals surface area contributed by atoms with E-state index in [4.69, 9.17) is 16.3 Å². The Morgan fingerprint density at radius 2 is 2.32 bits per heavy atom. The second-order valence-corrected chi connectivity index (χ2v) is 5.24. The lowest BCUT2D eigenvalue weighted by molar-refractivity contribution is -0.154. The van der Waals surface area contributed by atoms with Gasteiger partial charge >= 0.3 is 6.18 Å². The van der Waals surface area contributed by atoms with Gasteiger partial charge in [0.2, 0.25) is 5.88 Å². The number of pyridine rings is 1. The molecule has 0 spiro atoms. The van der Waals surface area contributed by atoms with Gasteiger partial charge in [-0.15, -0.1) is 0 Å². The summed E-state index contributed by atoms with van der Waals surface area (Å²) in [4.78, 5) is 17.6. The molecular formula is C13H14ClF3N2O3. The van der Waals surface area contributed by atoms with Crippen LogP contribution in [0.25, 0.3) is 0 Å². The first-order valence-corrected chi connectivity index (χ1v) is 6.89. The number of amides is 1. The van der Waals surface area contributed by atoms with Gasteiger partial charge in [0.25, 0.3) is 5.91 Å². The van der Waals surface area contributed by atoms with Crippen LogP contribution in [0.15, 0.2) is 12.3 Å². The fourth-order valence-corrected chi connectivity index (χ4v) is 2.21. The molecule has 5 nitrogen and oxygen atoms in total. The number of hydrogen-bond acceptors (Lipinski definition) is 4. The molecule has 2 rings (SSSR count). The van der Waals surface area contributed by atoms with Crippen LogP contribution >= 0.6 is 11.6 Å². The van der Waals surface area contributed by atoms with Gasteiger partial charge in [0.05, 0.1) is 24.8 Å². The lowest BCUT2D eigenvalue weighted by Gasteiger charge is -2.33. The van der Waals surface area contributed by atoms with E-state index in [0.717, 1.165) is 6.20 Å². The van der Waals surface area contributed by atoms with Gasteiger partial charge in [-0.1, -0.05) is 11.6 Å². The Morgan fingerprint density at radius 1 is 1.59 bits per heavy atom. The van der Waals surface area contributed by atoms with E-state index in [2.05, 4.69) is 9.72 Å². The van der Waals surface area contributed by atoms with E-state index in [0.29, 0.717) is 19.8 Å². The second-order valence-electron chi connectivity index (χ2n) is 4.84. The molecule has 1 aliphatic rings. The first kappa shape index (κ1) is 16.8. The Bertz CT molecular complexity index is 554. The molecule has 2 heterocycles. The Labute approximate surface area is 130 Å². The van der Waals surface area contributed by atoms with Crippen molar-refractivity contribution >= 4 is 17.5 Å². The normalized spacial score (nSPS) is 19.1. The molecule has 1 aliphatic heterocycles. The van der Waals surface area contributed by atoms with E-state index in [9.17, 15) is 18.0 Å². The Morgan fingerprint density at radius 3 is 2.91 bits per heavy atom. The lowest BCUT2D eigenvalue weighted by atomic mass is 10.2. The zero-order valence-corrected chi connectivity index (χ0v) is 12.4. The van der Waals surface area contributed by atoms with Crippen molar-refractivity contribution in [3.63, 3.8) is 0 Å². The summed E-state index contributed by atoms with van der Waals surface area (Å²) in [5.41, 5.74) is 0.193. The summed E-state index contributed by atoms with van der Waals surface area (Å²) >= 11 is 5.83. The van der Waals surface area contributed by atoms with Gasteiger partial charge < -0.3 is 14.4 Å². The topological polar surface area (TPSA) is 51.7 Å². The van der Waals surface area contributed by atoms with Crippen molar-refractivity contribution in [3.05, 3.63) is 22.8 Å². The van der Waals surface area contributed by atoms with Gasteiger partial charge in [0.1, 0.15) is 5.02 Å². The van der Waals surface area contributed by atoms with E-state index in [-0.39, 0.29) is 28.4 Å². The van der Waals surface area contributed by atoms with Gasteiger partial charge in [-0.3, -0.25) is 4.79 Å². The Hall–Kier alpha value is -1.54. The smallest absolute Gasteiger partial charge is 0.422 e. The Balaban J connectivity index is 2.09. The molecule has 0 radical (unpaired) electrons. The molecule has 1 aromatic rings. The summed E-state index contributed by atoms with van der Waals surface area (Å²) in [6, 6.07) is 1.16. The summed E-state index contributed by atoms with van der Waals surface area (Å²) in [5.74, 6) is -0.655. The van der Waals surface area contributed by atoms with Crippen molar-refractivity contribution in [1.82, 2.24) is 9.88 Å². The molecule has 0 N–H and O–H groups in total. The number of morpholine rings is 1. The Kier molecular flexibility index (Phi) is 5.12. The highest BCUT2D eigenvalue weighted by atomic mass is 35.5. The molecule has 1 fully saturated rings. The molecular weight excluding hydrogens is 325 g/mol. The molecule has 1 aromatic heterocycles. The highest BCUT2D eigenvalue weighted by molar-refractivity contribution is 6.32. The van der Waals surface area contributed by atoms with Crippen LogP contribution in [-0.4, -0.2) is 54.4 Å². The monoisotopic (exact) mass is 338 g/mol. The van der Waals surface area contributed by atoms with Crippen LogP contribution in [0.1, 0.15) is 17.3 Å². The van der Waals surface area contributed by atoms with E-state index in [1.54, 1.807) is 4.90 Å². The van der Waals surface area contributed by atoms with Crippen molar-refractivity contribution in [1.29, 1.82) is 0 Å². The average Bonchev–Trinajstić information content (AvgIpc) is 2.45. The molecule has 0 aromatic carbocycles. The quantitative estimate of drug-likeness (QED) is 0.850. The second kappa shape index (κ2) is 6.70. The van der Waals surface area contributed by atoms with Crippen LogP contribution in [-0.2, 0) is 4.74 Å². The molecule has 9 heteroatoms. The van der Waals surface area contributed by atoms with Crippen molar-refractivity contribution in [2.45, 2.75) is 19.1 Å². The predicted molar refractivity (Wildman–Crippen MR) is 72.1 cm³/mol. The maximum atomic E-state index is 12.3. The van der Waals surface area contributed by atoms with Crippen LogP contribution in [0, 0.1) is 0 Å². The number of aromatic nitrogens is 1. The zero-order chi connectivity index (χ0) is 16.3. The fourth-order valence-electron chi connectivity index (χ4n) is 1.99. The molecule has 0 bridgehead atoms. The van der Waals surface area contributed by atoms with Gasteiger partial charge in [-0.05, 0) is 13.0 Å². The third kappa shape index (κ3) is 4.23. The number of rotatable bonds is 3. The first-order chi connectivity index (χ1) is 10.3. The van der Waals surface area contributed by atoms with Crippen LogP contribution in [0.3, 0.4) is 0 Å².